The molecule has 1 aromatic carbocycles. The molecule has 2 aromatic rings. The zero-order valence-corrected chi connectivity index (χ0v) is 15.9. The number of benzene rings is 1. The molecule has 0 aliphatic carbocycles. The molecule has 1 aromatic heterocycles. The Bertz CT molecular complexity index is 784. The number of hydrogen-bond acceptors (Lipinski definition) is 3. The van der Waals surface area contributed by atoms with Crippen LogP contribution >= 0.6 is 23.2 Å². The van der Waals surface area contributed by atoms with E-state index >= 15 is 0 Å². The van der Waals surface area contributed by atoms with Crippen molar-refractivity contribution >= 4 is 35.0 Å². The lowest BCUT2D eigenvalue weighted by Gasteiger charge is -2.31. The van der Waals surface area contributed by atoms with Gasteiger partial charge in [-0.3, -0.25) is 9.59 Å². The summed E-state index contributed by atoms with van der Waals surface area (Å²) in [4.78, 5) is 26.6. The number of nitrogens with zero attached hydrogens (tertiary/aromatic N) is 1. The summed E-state index contributed by atoms with van der Waals surface area (Å²) in [5.41, 5.74) is 1.45. The maximum Gasteiger partial charge on any atom is 0.257 e. The quantitative estimate of drug-likeness (QED) is 0.839. The minimum absolute atomic E-state index is 0.000942. The third-order valence-electron chi connectivity index (χ3n) is 4.72. The maximum atomic E-state index is 12.6. The maximum absolute atomic E-state index is 12.6. The van der Waals surface area contributed by atoms with Crippen molar-refractivity contribution < 1.29 is 14.0 Å². The summed E-state index contributed by atoms with van der Waals surface area (Å²) in [6.45, 7) is 3.03. The van der Waals surface area contributed by atoms with E-state index in [1.54, 1.807) is 23.1 Å². The summed E-state index contributed by atoms with van der Waals surface area (Å²) in [6, 6.07) is 6.83. The van der Waals surface area contributed by atoms with Crippen molar-refractivity contribution in [3.8, 4) is 0 Å². The highest BCUT2D eigenvalue weighted by Gasteiger charge is 2.28. The van der Waals surface area contributed by atoms with E-state index in [1.807, 2.05) is 13.0 Å². The van der Waals surface area contributed by atoms with Crippen LogP contribution < -0.4 is 5.32 Å². The van der Waals surface area contributed by atoms with Gasteiger partial charge in [0.2, 0.25) is 5.91 Å². The lowest BCUT2D eigenvalue weighted by atomic mass is 9.95. The fraction of sp³-hybridized carbons (Fsp3) is 0.368. The van der Waals surface area contributed by atoms with Crippen LogP contribution in [0.15, 0.2) is 41.2 Å². The molecule has 0 bridgehead atoms. The Balaban J connectivity index is 1.53. The highest BCUT2D eigenvalue weighted by molar-refractivity contribution is 6.42. The van der Waals surface area contributed by atoms with Crippen LogP contribution in [0, 0.1) is 5.92 Å². The molecular weight excluding hydrogens is 375 g/mol. The lowest BCUT2D eigenvalue weighted by molar-refractivity contribution is -0.126. The second kappa shape index (κ2) is 8.14. The standard InChI is InChI=1S/C19H20Cl2N2O3/c1-12(14-2-3-16(20)17(21)10-14)22-18(24)13-4-7-23(8-5-13)19(25)15-6-9-26-11-15/h2-3,6,9-13H,4-5,7-8H2,1H3,(H,22,24). The average molecular weight is 395 g/mol. The van der Waals surface area contributed by atoms with E-state index in [2.05, 4.69) is 5.32 Å². The zero-order chi connectivity index (χ0) is 18.7. The Kier molecular flexibility index (Phi) is 5.89. The molecule has 0 radical (unpaired) electrons. The molecule has 0 spiro atoms. The van der Waals surface area contributed by atoms with Gasteiger partial charge in [-0.25, -0.2) is 0 Å². The van der Waals surface area contributed by atoms with Crippen LogP contribution in [0.25, 0.3) is 0 Å². The van der Waals surface area contributed by atoms with E-state index in [9.17, 15) is 9.59 Å². The second-order valence-corrected chi connectivity index (χ2v) is 7.30. The number of carbonyl (C=O) groups excluding carboxylic acids is 2. The van der Waals surface area contributed by atoms with Crippen molar-refractivity contribution in [3.05, 3.63) is 58.0 Å². The lowest BCUT2D eigenvalue weighted by Crippen LogP contribution is -2.43. The molecule has 0 saturated carbocycles. The smallest absolute Gasteiger partial charge is 0.257 e. The SMILES string of the molecule is CC(NC(=O)C1CCN(C(=O)c2ccoc2)CC1)c1ccc(Cl)c(Cl)c1. The highest BCUT2D eigenvalue weighted by atomic mass is 35.5. The normalized spacial score (nSPS) is 16.3. The number of carbonyl (C=O) groups is 2. The summed E-state index contributed by atoms with van der Waals surface area (Å²) in [7, 11) is 0. The number of rotatable bonds is 4. The Morgan fingerprint density at radius 1 is 1.19 bits per heavy atom. The van der Waals surface area contributed by atoms with E-state index in [0.29, 0.717) is 41.5 Å². The van der Waals surface area contributed by atoms with Gasteiger partial charge in [-0.1, -0.05) is 29.3 Å². The van der Waals surface area contributed by atoms with Gasteiger partial charge in [0.1, 0.15) is 6.26 Å². The van der Waals surface area contributed by atoms with Crippen LogP contribution in [0.3, 0.4) is 0 Å². The molecule has 1 fully saturated rings. The monoisotopic (exact) mass is 394 g/mol. The largest absolute Gasteiger partial charge is 0.472 e. The molecule has 138 valence electrons. The van der Waals surface area contributed by atoms with Crippen LogP contribution in [0.2, 0.25) is 10.0 Å². The molecule has 5 nitrogen and oxygen atoms in total. The van der Waals surface area contributed by atoms with Gasteiger partial charge in [-0.05, 0) is 43.5 Å². The van der Waals surface area contributed by atoms with Crippen molar-refractivity contribution in [2.75, 3.05) is 13.1 Å². The molecule has 26 heavy (non-hydrogen) atoms. The van der Waals surface area contributed by atoms with Gasteiger partial charge in [0.25, 0.3) is 5.91 Å². The summed E-state index contributed by atoms with van der Waals surface area (Å²) < 4.78 is 4.96. The van der Waals surface area contributed by atoms with E-state index in [1.165, 1.54) is 12.5 Å². The predicted octanol–water partition coefficient (Wildman–Crippen LogP) is 4.32. The number of amides is 2. The Hall–Kier alpha value is -1.98. The van der Waals surface area contributed by atoms with Crippen molar-refractivity contribution in [3.63, 3.8) is 0 Å². The molecule has 1 atom stereocenters. The Morgan fingerprint density at radius 2 is 1.92 bits per heavy atom. The fourth-order valence-corrected chi connectivity index (χ4v) is 3.42. The van der Waals surface area contributed by atoms with E-state index in [4.69, 9.17) is 27.6 Å². The van der Waals surface area contributed by atoms with Crippen LogP contribution in [-0.2, 0) is 4.79 Å². The van der Waals surface area contributed by atoms with E-state index in [-0.39, 0.29) is 23.8 Å². The third kappa shape index (κ3) is 4.22. The van der Waals surface area contributed by atoms with Crippen molar-refractivity contribution in [1.29, 1.82) is 0 Å². The van der Waals surface area contributed by atoms with Crippen LogP contribution in [0.4, 0.5) is 0 Å². The highest BCUT2D eigenvalue weighted by Crippen LogP contribution is 2.26. The summed E-state index contributed by atoms with van der Waals surface area (Å²) >= 11 is 12.0. The topological polar surface area (TPSA) is 62.6 Å². The molecule has 1 N–H and O–H groups in total. The van der Waals surface area contributed by atoms with Crippen LogP contribution in [-0.4, -0.2) is 29.8 Å². The number of halogens is 2. The summed E-state index contributed by atoms with van der Waals surface area (Å²) in [5.74, 6) is -0.158. The first-order chi connectivity index (χ1) is 12.5. The van der Waals surface area contributed by atoms with Gasteiger partial charge in [-0.2, -0.15) is 0 Å². The fourth-order valence-electron chi connectivity index (χ4n) is 3.11. The van der Waals surface area contributed by atoms with Crippen molar-refractivity contribution in [1.82, 2.24) is 10.2 Å². The number of hydrogen-bond donors (Lipinski definition) is 1. The van der Waals surface area contributed by atoms with Gasteiger partial charge in [0.05, 0.1) is 27.9 Å². The van der Waals surface area contributed by atoms with Gasteiger partial charge >= 0.3 is 0 Å². The molecular formula is C19H20Cl2N2O3. The number of nitrogens with one attached hydrogen (secondary N) is 1. The molecule has 2 amide bonds. The van der Waals surface area contributed by atoms with Crippen molar-refractivity contribution in [2.45, 2.75) is 25.8 Å². The van der Waals surface area contributed by atoms with Crippen LogP contribution in [0.1, 0.15) is 41.7 Å². The second-order valence-electron chi connectivity index (χ2n) is 6.48. The first-order valence-electron chi connectivity index (χ1n) is 8.52. The third-order valence-corrected chi connectivity index (χ3v) is 5.46. The number of furan rings is 1. The summed E-state index contributed by atoms with van der Waals surface area (Å²) in [5, 5.41) is 3.98. The first-order valence-corrected chi connectivity index (χ1v) is 9.28. The Morgan fingerprint density at radius 3 is 2.54 bits per heavy atom. The average Bonchev–Trinajstić information content (AvgIpc) is 3.18. The number of piperidine rings is 1. The van der Waals surface area contributed by atoms with E-state index < -0.39 is 0 Å². The minimum atomic E-state index is -0.164. The molecule has 1 aliphatic heterocycles. The predicted molar refractivity (Wildman–Crippen MR) is 100 cm³/mol. The molecule has 1 aliphatic rings. The number of likely N-dealkylation sites (tertiary alicyclic amines) is 1. The van der Waals surface area contributed by atoms with Gasteiger partial charge in [0.15, 0.2) is 0 Å². The summed E-state index contributed by atoms with van der Waals surface area (Å²) in [6.07, 6.45) is 4.21. The molecule has 1 unspecified atom stereocenters. The van der Waals surface area contributed by atoms with E-state index in [0.717, 1.165) is 5.56 Å². The molecule has 3 rings (SSSR count). The first kappa shape index (κ1) is 18.8. The minimum Gasteiger partial charge on any atom is -0.472 e. The Labute approximate surface area is 162 Å². The van der Waals surface area contributed by atoms with Gasteiger partial charge in [0, 0.05) is 19.0 Å². The van der Waals surface area contributed by atoms with Crippen molar-refractivity contribution in [2.24, 2.45) is 5.92 Å². The molecule has 1 saturated heterocycles. The van der Waals surface area contributed by atoms with Gasteiger partial charge < -0.3 is 14.6 Å². The molecule has 7 heteroatoms. The zero-order valence-electron chi connectivity index (χ0n) is 14.4. The molecule has 2 heterocycles. The van der Waals surface area contributed by atoms with Crippen LogP contribution in [0.5, 0.6) is 0 Å². The van der Waals surface area contributed by atoms with Gasteiger partial charge in [-0.15, -0.1) is 0 Å².